The van der Waals surface area contributed by atoms with Crippen LogP contribution in [0.25, 0.3) is 0 Å². The Morgan fingerprint density at radius 3 is 2.59 bits per heavy atom. The molecular formula is C22H26N2O2S. The van der Waals surface area contributed by atoms with E-state index < -0.39 is 0 Å². The monoisotopic (exact) mass is 382 g/mol. The molecule has 142 valence electrons. The Labute approximate surface area is 165 Å². The van der Waals surface area contributed by atoms with E-state index in [2.05, 4.69) is 35.0 Å². The molecule has 0 aromatic heterocycles. The summed E-state index contributed by atoms with van der Waals surface area (Å²) in [5.41, 5.74) is 2.11. The Kier molecular flexibility index (Phi) is 5.15. The number of ether oxygens (including phenoxy) is 1. The number of hydrogen-bond acceptors (Lipinski definition) is 4. The van der Waals surface area contributed by atoms with Crippen LogP contribution in [0.3, 0.4) is 0 Å². The quantitative estimate of drug-likeness (QED) is 0.753. The van der Waals surface area contributed by atoms with Gasteiger partial charge in [-0.15, -0.1) is 11.8 Å². The molecular weight excluding hydrogens is 356 g/mol. The zero-order valence-corrected chi connectivity index (χ0v) is 16.9. The molecule has 1 amide bonds. The number of amides is 1. The smallest absolute Gasteiger partial charge is 0.253 e. The highest BCUT2D eigenvalue weighted by Gasteiger charge is 2.47. The summed E-state index contributed by atoms with van der Waals surface area (Å²) in [6.07, 6.45) is 2.04. The zero-order chi connectivity index (χ0) is 19.0. The van der Waals surface area contributed by atoms with E-state index in [1.807, 2.05) is 36.6 Å². The minimum absolute atomic E-state index is 0.163. The first-order chi connectivity index (χ1) is 13.1. The normalized spacial score (nSPS) is 24.9. The molecule has 0 spiro atoms. The number of carbonyl (C=O) groups is 1. The minimum atomic E-state index is 0.163. The SMILES string of the molecule is COc1ccc([C@@H]2[C@@H]3CN(C(=O)c4cccc(SC)c4)C[C@@H]3CN2C)cc1. The molecule has 0 bridgehead atoms. The first-order valence-corrected chi connectivity index (χ1v) is 10.6. The number of methoxy groups -OCH3 is 1. The first-order valence-electron chi connectivity index (χ1n) is 9.38. The Bertz CT molecular complexity index is 823. The summed E-state index contributed by atoms with van der Waals surface area (Å²) in [4.78, 5) is 18.7. The molecule has 0 aliphatic carbocycles. The lowest BCUT2D eigenvalue weighted by Gasteiger charge is -2.27. The van der Waals surface area contributed by atoms with Crippen molar-refractivity contribution >= 4 is 17.7 Å². The Morgan fingerprint density at radius 1 is 1.11 bits per heavy atom. The largest absolute Gasteiger partial charge is 0.497 e. The molecule has 2 aromatic carbocycles. The third-order valence-corrected chi connectivity index (χ3v) is 6.68. The molecule has 4 rings (SSSR count). The van der Waals surface area contributed by atoms with E-state index in [-0.39, 0.29) is 5.91 Å². The van der Waals surface area contributed by atoms with Crippen LogP contribution in [-0.2, 0) is 0 Å². The van der Waals surface area contributed by atoms with Crippen LogP contribution < -0.4 is 4.74 Å². The van der Waals surface area contributed by atoms with Crippen molar-refractivity contribution < 1.29 is 9.53 Å². The Balaban J connectivity index is 1.52. The summed E-state index contributed by atoms with van der Waals surface area (Å²) in [5, 5.41) is 0. The molecule has 0 unspecified atom stereocenters. The van der Waals surface area contributed by atoms with Crippen molar-refractivity contribution in [3.8, 4) is 5.75 Å². The van der Waals surface area contributed by atoms with Gasteiger partial charge in [0.25, 0.3) is 5.91 Å². The molecule has 2 aliphatic heterocycles. The number of rotatable bonds is 4. The average Bonchev–Trinajstić information content (AvgIpc) is 3.24. The number of hydrogen-bond donors (Lipinski definition) is 0. The van der Waals surface area contributed by atoms with Gasteiger partial charge in [0.05, 0.1) is 7.11 Å². The van der Waals surface area contributed by atoms with E-state index in [4.69, 9.17) is 4.74 Å². The number of carbonyl (C=O) groups excluding carboxylic acids is 1. The summed E-state index contributed by atoms with van der Waals surface area (Å²) >= 11 is 1.67. The Hall–Kier alpha value is -1.98. The lowest BCUT2D eigenvalue weighted by molar-refractivity contribution is 0.0767. The van der Waals surface area contributed by atoms with E-state index in [0.717, 1.165) is 35.8 Å². The molecule has 2 saturated heterocycles. The highest BCUT2D eigenvalue weighted by atomic mass is 32.2. The second kappa shape index (κ2) is 7.56. The second-order valence-corrected chi connectivity index (χ2v) is 8.40. The minimum Gasteiger partial charge on any atom is -0.497 e. The van der Waals surface area contributed by atoms with Crippen molar-refractivity contribution in [2.24, 2.45) is 11.8 Å². The van der Waals surface area contributed by atoms with Gasteiger partial charge < -0.3 is 9.64 Å². The zero-order valence-electron chi connectivity index (χ0n) is 16.1. The van der Waals surface area contributed by atoms with Gasteiger partial charge in [0.1, 0.15) is 5.75 Å². The maximum atomic E-state index is 13.0. The van der Waals surface area contributed by atoms with Gasteiger partial charge in [0.2, 0.25) is 0 Å². The molecule has 0 saturated carbocycles. The molecule has 0 radical (unpaired) electrons. The van der Waals surface area contributed by atoms with Crippen LogP contribution in [0.4, 0.5) is 0 Å². The number of nitrogens with zero attached hydrogens (tertiary/aromatic N) is 2. The van der Waals surface area contributed by atoms with Crippen LogP contribution in [-0.4, -0.2) is 55.8 Å². The fourth-order valence-corrected chi connectivity index (χ4v) is 5.12. The third-order valence-electron chi connectivity index (χ3n) is 5.96. The van der Waals surface area contributed by atoms with Crippen LogP contribution in [0.1, 0.15) is 22.0 Å². The third kappa shape index (κ3) is 3.46. The summed E-state index contributed by atoms with van der Waals surface area (Å²) in [6, 6.07) is 16.7. The maximum Gasteiger partial charge on any atom is 0.253 e. The van der Waals surface area contributed by atoms with Crippen molar-refractivity contribution in [1.82, 2.24) is 9.80 Å². The number of benzene rings is 2. The van der Waals surface area contributed by atoms with E-state index in [9.17, 15) is 4.79 Å². The van der Waals surface area contributed by atoms with Crippen LogP contribution in [0.5, 0.6) is 5.75 Å². The van der Waals surface area contributed by atoms with Crippen LogP contribution in [0.15, 0.2) is 53.4 Å². The molecule has 2 fully saturated rings. The summed E-state index contributed by atoms with van der Waals surface area (Å²) in [6.45, 7) is 2.72. The lowest BCUT2D eigenvalue weighted by atomic mass is 9.89. The maximum absolute atomic E-state index is 13.0. The number of fused-ring (bicyclic) bond motifs is 1. The van der Waals surface area contributed by atoms with E-state index >= 15 is 0 Å². The average molecular weight is 383 g/mol. The van der Waals surface area contributed by atoms with Crippen LogP contribution in [0.2, 0.25) is 0 Å². The first kappa shape index (κ1) is 18.4. The van der Waals surface area contributed by atoms with Crippen molar-refractivity contribution in [1.29, 1.82) is 0 Å². The molecule has 4 nitrogen and oxygen atoms in total. The highest BCUT2D eigenvalue weighted by molar-refractivity contribution is 7.98. The van der Waals surface area contributed by atoms with Gasteiger partial charge in [-0.2, -0.15) is 0 Å². The predicted octanol–water partition coefficient (Wildman–Crippen LogP) is 3.79. The van der Waals surface area contributed by atoms with Gasteiger partial charge in [-0.3, -0.25) is 9.69 Å². The van der Waals surface area contributed by atoms with Crippen LogP contribution in [0, 0.1) is 11.8 Å². The van der Waals surface area contributed by atoms with E-state index in [0.29, 0.717) is 17.9 Å². The van der Waals surface area contributed by atoms with Gasteiger partial charge in [-0.1, -0.05) is 18.2 Å². The fraction of sp³-hybridized carbons (Fsp3) is 0.409. The van der Waals surface area contributed by atoms with Crippen LogP contribution >= 0.6 is 11.8 Å². The summed E-state index contributed by atoms with van der Waals surface area (Å²) in [7, 11) is 3.89. The summed E-state index contributed by atoms with van der Waals surface area (Å²) in [5.74, 6) is 2.06. The van der Waals surface area contributed by atoms with Gasteiger partial charge in [-0.05, 0) is 55.1 Å². The summed E-state index contributed by atoms with van der Waals surface area (Å²) < 4.78 is 5.29. The molecule has 27 heavy (non-hydrogen) atoms. The van der Waals surface area contributed by atoms with Gasteiger partial charge in [-0.25, -0.2) is 0 Å². The van der Waals surface area contributed by atoms with Crippen molar-refractivity contribution in [3.63, 3.8) is 0 Å². The highest BCUT2D eigenvalue weighted by Crippen LogP contribution is 2.44. The topological polar surface area (TPSA) is 32.8 Å². The molecule has 2 heterocycles. The van der Waals surface area contributed by atoms with E-state index in [1.54, 1.807) is 18.9 Å². The van der Waals surface area contributed by atoms with Gasteiger partial charge in [0, 0.05) is 42.1 Å². The second-order valence-electron chi connectivity index (χ2n) is 7.52. The molecule has 3 atom stereocenters. The van der Waals surface area contributed by atoms with E-state index in [1.165, 1.54) is 5.56 Å². The molecule has 2 aliphatic rings. The van der Waals surface area contributed by atoms with Gasteiger partial charge in [0.15, 0.2) is 0 Å². The Morgan fingerprint density at radius 2 is 1.89 bits per heavy atom. The number of thioether (sulfide) groups is 1. The fourth-order valence-electron chi connectivity index (χ4n) is 4.66. The van der Waals surface area contributed by atoms with Crippen molar-refractivity contribution in [2.75, 3.05) is 40.0 Å². The predicted molar refractivity (Wildman–Crippen MR) is 109 cm³/mol. The van der Waals surface area contributed by atoms with Crippen molar-refractivity contribution in [3.05, 3.63) is 59.7 Å². The van der Waals surface area contributed by atoms with Crippen molar-refractivity contribution in [2.45, 2.75) is 10.9 Å². The molecule has 0 N–H and O–H groups in total. The lowest BCUT2D eigenvalue weighted by Crippen LogP contribution is -2.33. The molecule has 5 heteroatoms. The number of likely N-dealkylation sites (tertiary alicyclic amines) is 2. The van der Waals surface area contributed by atoms with Gasteiger partial charge >= 0.3 is 0 Å². The molecule has 2 aromatic rings. The standard InChI is InChI=1S/C22H26N2O2S/c1-23-12-17-13-24(22(25)16-5-4-6-19(11-16)27-3)14-20(17)21(23)15-7-9-18(26-2)10-8-15/h4-11,17,20-21H,12-14H2,1-3H3/t17-,20+,21+/m0/s1.